The van der Waals surface area contributed by atoms with Gasteiger partial charge in [-0.25, -0.2) is 0 Å². The van der Waals surface area contributed by atoms with Gasteiger partial charge in [0.1, 0.15) is 0 Å². The third kappa shape index (κ3) is 2.93. The molecule has 1 aliphatic rings. The Morgan fingerprint density at radius 1 is 1.53 bits per heavy atom. The minimum absolute atomic E-state index is 0.0490. The summed E-state index contributed by atoms with van der Waals surface area (Å²) in [6.07, 6.45) is 2.52. The van der Waals surface area contributed by atoms with Gasteiger partial charge in [-0.2, -0.15) is 0 Å². The lowest BCUT2D eigenvalue weighted by molar-refractivity contribution is 0.0936. The molecular weight excluding hydrogens is 301 g/mol. The molecule has 0 aromatic heterocycles. The van der Waals surface area contributed by atoms with Crippen molar-refractivity contribution in [3.05, 3.63) is 33.4 Å². The Morgan fingerprint density at radius 2 is 2.27 bits per heavy atom. The molecular formula is C12H14INO. The quantitative estimate of drug-likeness (QED) is 0.854. The summed E-state index contributed by atoms with van der Waals surface area (Å²) in [4.78, 5) is 11.8. The molecule has 2 nitrogen and oxygen atoms in total. The lowest BCUT2D eigenvalue weighted by Crippen LogP contribution is -2.33. The second-order valence-corrected chi connectivity index (χ2v) is 5.36. The van der Waals surface area contributed by atoms with Crippen molar-refractivity contribution in [2.75, 3.05) is 0 Å². The van der Waals surface area contributed by atoms with Crippen LogP contribution in [0, 0.1) is 9.49 Å². The number of hydrogen-bond acceptors (Lipinski definition) is 1. The molecule has 0 heterocycles. The zero-order valence-corrected chi connectivity index (χ0v) is 10.8. The Kier molecular flexibility index (Phi) is 3.29. The van der Waals surface area contributed by atoms with Crippen molar-refractivity contribution in [2.45, 2.75) is 25.8 Å². The van der Waals surface area contributed by atoms with Gasteiger partial charge in [0, 0.05) is 15.2 Å². The summed E-state index contributed by atoms with van der Waals surface area (Å²) in [6, 6.07) is 7.99. The van der Waals surface area contributed by atoms with Crippen LogP contribution >= 0.6 is 22.6 Å². The standard InChI is InChI=1S/C12H14INO/c1-8(9-5-6-9)14-12(15)10-3-2-4-11(13)7-10/h2-4,7-9H,5-6H2,1H3,(H,14,15). The summed E-state index contributed by atoms with van der Waals surface area (Å²) < 4.78 is 1.10. The smallest absolute Gasteiger partial charge is 0.251 e. The van der Waals surface area contributed by atoms with Gasteiger partial charge in [0.25, 0.3) is 5.91 Å². The first-order valence-corrected chi connectivity index (χ1v) is 6.31. The summed E-state index contributed by atoms with van der Waals surface area (Å²) in [6.45, 7) is 2.09. The zero-order valence-electron chi connectivity index (χ0n) is 8.66. The molecule has 1 unspecified atom stereocenters. The molecule has 0 bridgehead atoms. The van der Waals surface area contributed by atoms with Crippen molar-refractivity contribution in [2.24, 2.45) is 5.92 Å². The lowest BCUT2D eigenvalue weighted by atomic mass is 10.1. The van der Waals surface area contributed by atoms with Crippen LogP contribution in [0.15, 0.2) is 24.3 Å². The van der Waals surface area contributed by atoms with Gasteiger partial charge in [0.05, 0.1) is 0 Å². The van der Waals surface area contributed by atoms with Crippen LogP contribution in [0.2, 0.25) is 0 Å². The first-order valence-electron chi connectivity index (χ1n) is 5.23. The highest BCUT2D eigenvalue weighted by Gasteiger charge is 2.28. The average Bonchev–Trinajstić information content (AvgIpc) is 3.00. The molecule has 1 N–H and O–H groups in total. The van der Waals surface area contributed by atoms with E-state index in [-0.39, 0.29) is 5.91 Å². The number of nitrogens with one attached hydrogen (secondary N) is 1. The molecule has 15 heavy (non-hydrogen) atoms. The van der Waals surface area contributed by atoms with E-state index in [1.807, 2.05) is 24.3 Å². The second kappa shape index (κ2) is 4.51. The van der Waals surface area contributed by atoms with E-state index < -0.39 is 0 Å². The molecule has 0 radical (unpaired) electrons. The Bertz CT molecular complexity index is 374. The van der Waals surface area contributed by atoms with E-state index in [4.69, 9.17) is 0 Å². The van der Waals surface area contributed by atoms with Crippen molar-refractivity contribution >= 4 is 28.5 Å². The van der Waals surface area contributed by atoms with Crippen LogP contribution in [0.5, 0.6) is 0 Å². The van der Waals surface area contributed by atoms with Crippen molar-refractivity contribution in [3.63, 3.8) is 0 Å². The fraction of sp³-hybridized carbons (Fsp3) is 0.417. The van der Waals surface area contributed by atoms with Crippen LogP contribution < -0.4 is 5.32 Å². The summed E-state index contributed by atoms with van der Waals surface area (Å²) in [5, 5.41) is 3.04. The molecule has 1 aromatic rings. The minimum atomic E-state index is 0.0490. The number of rotatable bonds is 3. The highest BCUT2D eigenvalue weighted by molar-refractivity contribution is 14.1. The van der Waals surface area contributed by atoms with Gasteiger partial charge >= 0.3 is 0 Å². The van der Waals surface area contributed by atoms with Gasteiger partial charge in [0.15, 0.2) is 0 Å². The Balaban J connectivity index is 2.00. The molecule has 1 fully saturated rings. The van der Waals surface area contributed by atoms with Gasteiger partial charge in [-0.15, -0.1) is 0 Å². The maximum absolute atomic E-state index is 11.8. The third-order valence-electron chi connectivity index (χ3n) is 2.77. The molecule has 3 heteroatoms. The molecule has 0 saturated heterocycles. The number of benzene rings is 1. The minimum Gasteiger partial charge on any atom is -0.349 e. The van der Waals surface area contributed by atoms with Crippen LogP contribution in [-0.2, 0) is 0 Å². The number of carbonyl (C=O) groups is 1. The van der Waals surface area contributed by atoms with Crippen LogP contribution in [-0.4, -0.2) is 11.9 Å². The van der Waals surface area contributed by atoms with Gasteiger partial charge < -0.3 is 5.32 Å². The number of carbonyl (C=O) groups excluding carboxylic acids is 1. The van der Waals surface area contributed by atoms with Crippen molar-refractivity contribution < 1.29 is 4.79 Å². The number of amides is 1. The summed E-state index contributed by atoms with van der Waals surface area (Å²) >= 11 is 2.22. The average molecular weight is 315 g/mol. The normalized spacial score (nSPS) is 17.2. The maximum Gasteiger partial charge on any atom is 0.251 e. The van der Waals surface area contributed by atoms with Gasteiger partial charge in [-0.05, 0) is 66.5 Å². The molecule has 1 amide bonds. The van der Waals surface area contributed by atoms with E-state index in [0.29, 0.717) is 12.0 Å². The lowest BCUT2D eigenvalue weighted by Gasteiger charge is -2.12. The molecule has 1 atom stereocenters. The van der Waals surface area contributed by atoms with Gasteiger partial charge in [-0.1, -0.05) is 6.07 Å². The zero-order chi connectivity index (χ0) is 10.8. The van der Waals surface area contributed by atoms with E-state index in [1.54, 1.807) is 0 Å². The highest BCUT2D eigenvalue weighted by Crippen LogP contribution is 2.32. The molecule has 1 aromatic carbocycles. The first-order chi connectivity index (χ1) is 7.16. The fourth-order valence-electron chi connectivity index (χ4n) is 1.63. The summed E-state index contributed by atoms with van der Waals surface area (Å²) in [5.41, 5.74) is 0.759. The Labute approximate surface area is 104 Å². The van der Waals surface area contributed by atoms with Gasteiger partial charge in [0.2, 0.25) is 0 Å². The highest BCUT2D eigenvalue weighted by atomic mass is 127. The monoisotopic (exact) mass is 315 g/mol. The van der Waals surface area contributed by atoms with Crippen LogP contribution in [0.4, 0.5) is 0 Å². The predicted octanol–water partition coefficient (Wildman–Crippen LogP) is 2.82. The molecule has 0 aliphatic heterocycles. The topological polar surface area (TPSA) is 29.1 Å². The van der Waals surface area contributed by atoms with E-state index in [9.17, 15) is 4.79 Å². The third-order valence-corrected chi connectivity index (χ3v) is 3.45. The molecule has 1 aliphatic carbocycles. The van der Waals surface area contributed by atoms with Crippen molar-refractivity contribution in [1.29, 1.82) is 0 Å². The first kappa shape index (κ1) is 10.9. The van der Waals surface area contributed by atoms with Crippen molar-refractivity contribution in [3.8, 4) is 0 Å². The van der Waals surface area contributed by atoms with Crippen molar-refractivity contribution in [1.82, 2.24) is 5.32 Å². The van der Waals surface area contributed by atoms with Gasteiger partial charge in [-0.3, -0.25) is 4.79 Å². The van der Waals surface area contributed by atoms with E-state index in [1.165, 1.54) is 12.8 Å². The molecule has 1 saturated carbocycles. The Hall–Kier alpha value is -0.580. The number of halogens is 1. The van der Waals surface area contributed by atoms with Crippen LogP contribution in [0.25, 0.3) is 0 Å². The van der Waals surface area contributed by atoms with Crippen LogP contribution in [0.3, 0.4) is 0 Å². The largest absolute Gasteiger partial charge is 0.349 e. The maximum atomic E-state index is 11.8. The van der Waals surface area contributed by atoms with Crippen LogP contribution in [0.1, 0.15) is 30.1 Å². The van der Waals surface area contributed by atoms with E-state index in [0.717, 1.165) is 9.13 Å². The molecule has 2 rings (SSSR count). The van der Waals surface area contributed by atoms with E-state index >= 15 is 0 Å². The summed E-state index contributed by atoms with van der Waals surface area (Å²) in [5.74, 6) is 0.754. The Morgan fingerprint density at radius 3 is 2.87 bits per heavy atom. The molecule has 0 spiro atoms. The SMILES string of the molecule is CC(NC(=O)c1cccc(I)c1)C1CC1. The fourth-order valence-corrected chi connectivity index (χ4v) is 2.18. The summed E-state index contributed by atoms with van der Waals surface area (Å²) in [7, 11) is 0. The molecule has 80 valence electrons. The number of hydrogen-bond donors (Lipinski definition) is 1. The van der Waals surface area contributed by atoms with E-state index in [2.05, 4.69) is 34.8 Å². The second-order valence-electron chi connectivity index (χ2n) is 4.11. The predicted molar refractivity (Wildman–Crippen MR) is 68.8 cm³/mol.